The summed E-state index contributed by atoms with van der Waals surface area (Å²) >= 11 is 0. The van der Waals surface area contributed by atoms with Gasteiger partial charge in [-0.2, -0.15) is 18.6 Å². The maximum atomic E-state index is 14.4. The molecule has 3 aromatic rings. The molecule has 0 unspecified atom stereocenters. The molecule has 0 saturated carbocycles. The van der Waals surface area contributed by atoms with Crippen LogP contribution in [-0.4, -0.2) is 34.0 Å². The summed E-state index contributed by atoms with van der Waals surface area (Å²) in [6.45, 7) is 9.21. The third-order valence-corrected chi connectivity index (χ3v) is 6.11. The van der Waals surface area contributed by atoms with Gasteiger partial charge in [0, 0.05) is 24.8 Å². The van der Waals surface area contributed by atoms with Crippen LogP contribution in [-0.2, 0) is 17.1 Å². The van der Waals surface area contributed by atoms with Gasteiger partial charge in [0.1, 0.15) is 5.82 Å². The Labute approximate surface area is 186 Å². The fraction of sp³-hybridized carbons (Fsp3) is 0.381. The van der Waals surface area contributed by atoms with Crippen LogP contribution in [0.1, 0.15) is 50.9 Å². The van der Waals surface area contributed by atoms with Crippen LogP contribution in [0.2, 0.25) is 0 Å². The highest BCUT2D eigenvalue weighted by atomic mass is 32.2. The van der Waals surface area contributed by atoms with Crippen molar-refractivity contribution in [2.45, 2.75) is 51.6 Å². The molecule has 0 atom stereocenters. The van der Waals surface area contributed by atoms with Crippen LogP contribution in [0, 0.1) is 12.7 Å². The van der Waals surface area contributed by atoms with E-state index in [0.717, 1.165) is 5.69 Å². The van der Waals surface area contributed by atoms with Gasteiger partial charge in [-0.3, -0.25) is 9.36 Å². The fourth-order valence-electron chi connectivity index (χ4n) is 3.35. The Kier molecular flexibility index (Phi) is 6.40. The molecule has 0 aliphatic heterocycles. The Morgan fingerprint density at radius 1 is 1.12 bits per heavy atom. The Hall–Kier alpha value is -3.21. The van der Waals surface area contributed by atoms with Crippen LogP contribution in [0.5, 0.6) is 0 Å². The number of hydrogen-bond acceptors (Lipinski definition) is 5. The summed E-state index contributed by atoms with van der Waals surface area (Å²) in [5, 5.41) is 10.6. The lowest BCUT2D eigenvalue weighted by Gasteiger charge is -2.19. The molecular weight excluding hydrogens is 435 g/mol. The van der Waals surface area contributed by atoms with Gasteiger partial charge in [0.05, 0.1) is 17.1 Å². The zero-order valence-corrected chi connectivity index (χ0v) is 19.7. The minimum atomic E-state index is -4.20. The molecular formula is C21H27FN6O3S. The normalized spacial score (nSPS) is 11.9. The molecule has 2 aromatic heterocycles. The first-order chi connectivity index (χ1) is 14.9. The summed E-state index contributed by atoms with van der Waals surface area (Å²) in [6, 6.07) is 4.68. The average Bonchev–Trinajstić information content (AvgIpc) is 3.29. The molecule has 0 aliphatic carbocycles. The molecule has 3 rings (SSSR count). The topological polar surface area (TPSA) is 111 Å². The SMILES string of the molecule is Cc1cc(-c2cc(F)cc(C(C)C)c2NC(=O)NS(=O)(=O)c2ccn(C(C)C)n2)n(C)n1. The minimum Gasteiger partial charge on any atom is -0.306 e. The van der Waals surface area contributed by atoms with Crippen molar-refractivity contribution in [1.82, 2.24) is 24.3 Å². The van der Waals surface area contributed by atoms with Crippen molar-refractivity contribution >= 4 is 21.7 Å². The number of hydrogen-bond donors (Lipinski definition) is 2. The summed E-state index contributed by atoms with van der Waals surface area (Å²) in [7, 11) is -2.49. The van der Waals surface area contributed by atoms with E-state index < -0.39 is 21.9 Å². The summed E-state index contributed by atoms with van der Waals surface area (Å²) in [5.74, 6) is -0.618. The van der Waals surface area contributed by atoms with E-state index in [1.807, 2.05) is 32.4 Å². The maximum absolute atomic E-state index is 14.4. The molecule has 2 heterocycles. The molecule has 2 amide bonds. The molecule has 0 radical (unpaired) electrons. The van der Waals surface area contributed by atoms with Crippen LogP contribution in [0.15, 0.2) is 35.5 Å². The molecule has 9 nitrogen and oxygen atoms in total. The molecule has 0 aliphatic rings. The fourth-order valence-corrected chi connectivity index (χ4v) is 4.19. The van der Waals surface area contributed by atoms with Crippen molar-refractivity contribution in [3.63, 3.8) is 0 Å². The second-order valence-electron chi connectivity index (χ2n) is 8.15. The molecule has 32 heavy (non-hydrogen) atoms. The Balaban J connectivity index is 1.98. The number of halogens is 1. The summed E-state index contributed by atoms with van der Waals surface area (Å²) in [5.41, 5.74) is 2.53. The summed E-state index contributed by atoms with van der Waals surface area (Å²) in [6.07, 6.45) is 1.52. The van der Waals surface area contributed by atoms with Gasteiger partial charge in [-0.25, -0.2) is 13.9 Å². The molecule has 2 N–H and O–H groups in total. The van der Waals surface area contributed by atoms with Crippen LogP contribution in [0.3, 0.4) is 0 Å². The predicted molar refractivity (Wildman–Crippen MR) is 119 cm³/mol. The number of nitrogens with zero attached hydrogens (tertiary/aromatic N) is 4. The van der Waals surface area contributed by atoms with Gasteiger partial charge in [-0.15, -0.1) is 0 Å². The number of carbonyl (C=O) groups is 1. The second kappa shape index (κ2) is 8.73. The van der Waals surface area contributed by atoms with E-state index in [1.165, 1.54) is 29.1 Å². The van der Waals surface area contributed by atoms with E-state index in [-0.39, 0.29) is 17.0 Å². The van der Waals surface area contributed by atoms with Gasteiger partial charge >= 0.3 is 6.03 Å². The number of nitrogens with one attached hydrogen (secondary N) is 2. The molecule has 0 bridgehead atoms. The van der Waals surface area contributed by atoms with E-state index in [1.54, 1.807) is 24.7 Å². The lowest BCUT2D eigenvalue weighted by molar-refractivity contribution is 0.256. The van der Waals surface area contributed by atoms with Gasteiger partial charge in [-0.05, 0) is 56.5 Å². The lowest BCUT2D eigenvalue weighted by atomic mass is 9.96. The Bertz CT molecular complexity index is 1260. The monoisotopic (exact) mass is 462 g/mol. The summed E-state index contributed by atoms with van der Waals surface area (Å²) in [4.78, 5) is 12.7. The standard InChI is InChI=1S/C21H27FN6O3S/c1-12(2)16-10-15(22)11-17(18-9-14(5)24-27(18)6)20(16)23-21(29)26-32(30,31)19-7-8-28(25-19)13(3)4/h7-13H,1-6H3,(H2,23,26,29). The summed E-state index contributed by atoms with van der Waals surface area (Å²) < 4.78 is 44.7. The number of carbonyl (C=O) groups excluding carboxylic acids is 1. The average molecular weight is 463 g/mol. The highest BCUT2D eigenvalue weighted by Crippen LogP contribution is 2.36. The first-order valence-corrected chi connectivity index (χ1v) is 11.6. The zero-order valence-electron chi connectivity index (χ0n) is 18.8. The van der Waals surface area contributed by atoms with Crippen molar-refractivity contribution in [3.05, 3.63) is 47.5 Å². The van der Waals surface area contributed by atoms with E-state index >= 15 is 0 Å². The van der Waals surface area contributed by atoms with Crippen LogP contribution in [0.4, 0.5) is 14.9 Å². The zero-order chi connectivity index (χ0) is 23.8. The highest BCUT2D eigenvalue weighted by Gasteiger charge is 2.24. The number of sulfonamides is 1. The third-order valence-electron chi connectivity index (χ3n) is 4.89. The van der Waals surface area contributed by atoms with Crippen molar-refractivity contribution in [2.24, 2.45) is 7.05 Å². The number of benzene rings is 1. The first kappa shape index (κ1) is 23.5. The second-order valence-corrected chi connectivity index (χ2v) is 9.78. The van der Waals surface area contributed by atoms with Crippen molar-refractivity contribution in [1.29, 1.82) is 0 Å². The molecule has 1 aromatic carbocycles. The maximum Gasteiger partial charge on any atom is 0.333 e. The number of urea groups is 1. The lowest BCUT2D eigenvalue weighted by Crippen LogP contribution is -2.35. The van der Waals surface area contributed by atoms with E-state index in [9.17, 15) is 17.6 Å². The van der Waals surface area contributed by atoms with E-state index in [2.05, 4.69) is 15.5 Å². The highest BCUT2D eigenvalue weighted by molar-refractivity contribution is 7.90. The largest absolute Gasteiger partial charge is 0.333 e. The van der Waals surface area contributed by atoms with Gasteiger partial charge < -0.3 is 5.32 Å². The van der Waals surface area contributed by atoms with Gasteiger partial charge in [-0.1, -0.05) is 13.8 Å². The van der Waals surface area contributed by atoms with Gasteiger partial charge in [0.15, 0.2) is 5.03 Å². The van der Waals surface area contributed by atoms with Crippen molar-refractivity contribution < 1.29 is 17.6 Å². The van der Waals surface area contributed by atoms with Crippen molar-refractivity contribution in [3.8, 4) is 11.3 Å². The van der Waals surface area contributed by atoms with Crippen LogP contribution in [0.25, 0.3) is 11.3 Å². The van der Waals surface area contributed by atoms with Gasteiger partial charge in [0.25, 0.3) is 10.0 Å². The Morgan fingerprint density at radius 2 is 1.81 bits per heavy atom. The number of aryl methyl sites for hydroxylation is 2. The van der Waals surface area contributed by atoms with Crippen LogP contribution >= 0.6 is 0 Å². The minimum absolute atomic E-state index is 0.0366. The number of anilines is 1. The van der Waals surface area contributed by atoms with E-state index in [0.29, 0.717) is 22.5 Å². The molecule has 11 heteroatoms. The molecule has 0 fully saturated rings. The van der Waals surface area contributed by atoms with Crippen LogP contribution < -0.4 is 10.0 Å². The number of aromatic nitrogens is 4. The van der Waals surface area contributed by atoms with E-state index in [4.69, 9.17) is 0 Å². The molecule has 172 valence electrons. The first-order valence-electron chi connectivity index (χ1n) is 10.1. The number of amides is 2. The van der Waals surface area contributed by atoms with Gasteiger partial charge in [0.2, 0.25) is 0 Å². The predicted octanol–water partition coefficient (Wildman–Crippen LogP) is 3.95. The Morgan fingerprint density at radius 3 is 2.34 bits per heavy atom. The molecule has 0 saturated heterocycles. The number of rotatable bonds is 6. The molecule has 0 spiro atoms. The smallest absolute Gasteiger partial charge is 0.306 e. The van der Waals surface area contributed by atoms with Crippen molar-refractivity contribution in [2.75, 3.05) is 5.32 Å². The third kappa shape index (κ3) is 4.82. The quantitative estimate of drug-likeness (QED) is 0.576.